The third-order valence-corrected chi connectivity index (χ3v) is 2.42. The van der Waals surface area contributed by atoms with Crippen molar-refractivity contribution in [3.05, 3.63) is 28.1 Å². The molecule has 78 valence electrons. The number of carbonyl (C=O) groups is 1. The summed E-state index contributed by atoms with van der Waals surface area (Å²) in [6, 6.07) is 2.89. The summed E-state index contributed by atoms with van der Waals surface area (Å²) in [6.07, 6.45) is 0. The zero-order valence-electron chi connectivity index (χ0n) is 7.67. The molecule has 0 atom stereocenters. The monoisotopic (exact) mass is 272 g/mol. The highest BCUT2D eigenvalue weighted by molar-refractivity contribution is 9.10. The number of halogens is 2. The maximum atomic E-state index is 13.4. The van der Waals surface area contributed by atoms with E-state index >= 15 is 0 Å². The predicted octanol–water partition coefficient (Wildman–Crippen LogP) is 2.25. The van der Waals surface area contributed by atoms with Gasteiger partial charge in [0.1, 0.15) is 5.52 Å². The van der Waals surface area contributed by atoms with Crippen molar-refractivity contribution < 1.29 is 13.9 Å². The molecule has 0 fully saturated rings. The molecule has 0 bridgehead atoms. The minimum atomic E-state index is -0.574. The van der Waals surface area contributed by atoms with Crippen molar-refractivity contribution in [3.63, 3.8) is 0 Å². The molecule has 0 aliphatic heterocycles. The number of methoxy groups -OCH3 is 1. The molecule has 0 aliphatic carbocycles. The van der Waals surface area contributed by atoms with Gasteiger partial charge in [-0.3, -0.25) is 5.10 Å². The van der Waals surface area contributed by atoms with Crippen molar-refractivity contribution in [3.8, 4) is 0 Å². The maximum Gasteiger partial charge on any atom is 0.356 e. The van der Waals surface area contributed by atoms with E-state index in [0.29, 0.717) is 9.86 Å². The topological polar surface area (TPSA) is 55.0 Å². The van der Waals surface area contributed by atoms with Crippen LogP contribution in [0.5, 0.6) is 0 Å². The van der Waals surface area contributed by atoms with Gasteiger partial charge in [-0.1, -0.05) is 15.9 Å². The second-order valence-electron chi connectivity index (χ2n) is 2.87. The van der Waals surface area contributed by atoms with Crippen LogP contribution in [0.25, 0.3) is 10.9 Å². The third kappa shape index (κ3) is 1.61. The molecule has 15 heavy (non-hydrogen) atoms. The van der Waals surface area contributed by atoms with Gasteiger partial charge >= 0.3 is 5.97 Å². The number of H-pyrrole nitrogens is 1. The second-order valence-corrected chi connectivity index (χ2v) is 3.79. The Labute approximate surface area is 92.5 Å². The number of aromatic nitrogens is 2. The predicted molar refractivity (Wildman–Crippen MR) is 55.1 cm³/mol. The minimum absolute atomic E-state index is 0.124. The Kier molecular flexibility index (Phi) is 2.44. The summed E-state index contributed by atoms with van der Waals surface area (Å²) in [4.78, 5) is 11.3. The summed E-state index contributed by atoms with van der Waals surface area (Å²) in [5.74, 6) is -1.07. The molecule has 1 heterocycles. The van der Waals surface area contributed by atoms with E-state index in [1.807, 2.05) is 0 Å². The summed E-state index contributed by atoms with van der Waals surface area (Å²) in [6.45, 7) is 0. The lowest BCUT2D eigenvalue weighted by Crippen LogP contribution is -2.01. The Morgan fingerprint density at radius 2 is 2.33 bits per heavy atom. The molecule has 4 nitrogen and oxygen atoms in total. The van der Waals surface area contributed by atoms with E-state index in [2.05, 4.69) is 30.9 Å². The van der Waals surface area contributed by atoms with Gasteiger partial charge in [0.2, 0.25) is 0 Å². The molecule has 1 aromatic carbocycles. The quantitative estimate of drug-likeness (QED) is 0.811. The molecule has 2 aromatic rings. The zero-order chi connectivity index (χ0) is 11.0. The normalized spacial score (nSPS) is 10.6. The van der Waals surface area contributed by atoms with Gasteiger partial charge in [0.15, 0.2) is 11.5 Å². The van der Waals surface area contributed by atoms with Crippen LogP contribution in [0.1, 0.15) is 10.5 Å². The number of benzene rings is 1. The van der Waals surface area contributed by atoms with Gasteiger partial charge in [-0.25, -0.2) is 9.18 Å². The highest BCUT2D eigenvalue weighted by atomic mass is 79.9. The number of nitrogens with one attached hydrogen (secondary N) is 1. The number of hydrogen-bond donors (Lipinski definition) is 1. The molecule has 0 saturated carbocycles. The number of esters is 1. The van der Waals surface area contributed by atoms with Gasteiger partial charge in [0.05, 0.1) is 7.11 Å². The summed E-state index contributed by atoms with van der Waals surface area (Å²) < 4.78 is 18.4. The van der Waals surface area contributed by atoms with E-state index in [1.54, 1.807) is 6.07 Å². The molecule has 0 spiro atoms. The van der Waals surface area contributed by atoms with Gasteiger partial charge in [0.25, 0.3) is 0 Å². The van der Waals surface area contributed by atoms with Crippen LogP contribution in [0.3, 0.4) is 0 Å². The van der Waals surface area contributed by atoms with Crippen LogP contribution in [0.15, 0.2) is 16.6 Å². The van der Waals surface area contributed by atoms with Crippen molar-refractivity contribution in [2.75, 3.05) is 7.11 Å². The van der Waals surface area contributed by atoms with Crippen molar-refractivity contribution in [1.29, 1.82) is 0 Å². The number of rotatable bonds is 1. The Hall–Kier alpha value is -1.43. The molecule has 0 radical (unpaired) electrons. The molecule has 0 amide bonds. The molecular weight excluding hydrogens is 267 g/mol. The summed E-state index contributed by atoms with van der Waals surface area (Å²) in [7, 11) is 1.25. The Morgan fingerprint density at radius 3 is 3.00 bits per heavy atom. The molecule has 6 heteroatoms. The Bertz CT molecular complexity index is 538. The minimum Gasteiger partial charge on any atom is -0.464 e. The summed E-state index contributed by atoms with van der Waals surface area (Å²) in [5, 5.41) is 6.55. The third-order valence-electron chi connectivity index (χ3n) is 1.97. The SMILES string of the molecule is COC(=O)c1[nH]nc2c(F)cc(Br)cc12. The van der Waals surface area contributed by atoms with Crippen molar-refractivity contribution in [1.82, 2.24) is 10.2 Å². The summed E-state index contributed by atoms with van der Waals surface area (Å²) >= 11 is 3.14. The van der Waals surface area contributed by atoms with Crippen LogP contribution in [0.4, 0.5) is 4.39 Å². The molecule has 2 rings (SSSR count). The first kappa shape index (κ1) is 10.1. The van der Waals surface area contributed by atoms with E-state index in [4.69, 9.17) is 0 Å². The van der Waals surface area contributed by atoms with Crippen LogP contribution >= 0.6 is 15.9 Å². The summed E-state index contributed by atoms with van der Waals surface area (Å²) in [5.41, 5.74) is 0.270. The van der Waals surface area contributed by atoms with Crippen LogP contribution < -0.4 is 0 Å². The van der Waals surface area contributed by atoms with Crippen molar-refractivity contribution in [2.24, 2.45) is 0 Å². The van der Waals surface area contributed by atoms with E-state index in [-0.39, 0.29) is 11.2 Å². The maximum absolute atomic E-state index is 13.4. The molecule has 0 unspecified atom stereocenters. The highest BCUT2D eigenvalue weighted by Crippen LogP contribution is 2.24. The fraction of sp³-hybridized carbons (Fsp3) is 0.111. The number of hydrogen-bond acceptors (Lipinski definition) is 3. The average Bonchev–Trinajstić information content (AvgIpc) is 2.60. The number of nitrogens with zero attached hydrogens (tertiary/aromatic N) is 1. The van der Waals surface area contributed by atoms with Gasteiger partial charge in [-0.15, -0.1) is 0 Å². The molecule has 0 aliphatic rings. The molecule has 1 N–H and O–H groups in total. The van der Waals surface area contributed by atoms with Crippen molar-refractivity contribution in [2.45, 2.75) is 0 Å². The van der Waals surface area contributed by atoms with Crippen LogP contribution in [0.2, 0.25) is 0 Å². The standard InChI is InChI=1S/C9H6BrFN2O2/c1-15-9(14)8-5-2-4(10)3-6(11)7(5)12-13-8/h2-3H,1H3,(H,12,13). The average molecular weight is 273 g/mol. The van der Waals surface area contributed by atoms with E-state index in [1.165, 1.54) is 13.2 Å². The van der Waals surface area contributed by atoms with E-state index < -0.39 is 11.8 Å². The van der Waals surface area contributed by atoms with Crippen LogP contribution in [0, 0.1) is 5.82 Å². The molecule has 0 saturated heterocycles. The Balaban J connectivity index is 2.74. The van der Waals surface area contributed by atoms with Crippen LogP contribution in [-0.4, -0.2) is 23.3 Å². The lowest BCUT2D eigenvalue weighted by molar-refractivity contribution is 0.0596. The van der Waals surface area contributed by atoms with E-state index in [0.717, 1.165) is 0 Å². The fourth-order valence-corrected chi connectivity index (χ4v) is 1.73. The first-order valence-electron chi connectivity index (χ1n) is 4.05. The largest absolute Gasteiger partial charge is 0.464 e. The number of fused-ring (bicyclic) bond motifs is 1. The van der Waals surface area contributed by atoms with Crippen LogP contribution in [-0.2, 0) is 4.74 Å². The van der Waals surface area contributed by atoms with Gasteiger partial charge in [-0.05, 0) is 12.1 Å². The second kappa shape index (κ2) is 3.62. The molecular formula is C9H6BrFN2O2. The zero-order valence-corrected chi connectivity index (χ0v) is 9.26. The van der Waals surface area contributed by atoms with E-state index in [9.17, 15) is 9.18 Å². The van der Waals surface area contributed by atoms with Gasteiger partial charge < -0.3 is 4.74 Å². The first-order valence-corrected chi connectivity index (χ1v) is 4.84. The molecule has 1 aromatic heterocycles. The number of ether oxygens (including phenoxy) is 1. The van der Waals surface area contributed by atoms with Crippen molar-refractivity contribution >= 4 is 32.8 Å². The lowest BCUT2D eigenvalue weighted by Gasteiger charge is -1.96. The first-order chi connectivity index (χ1) is 7.13. The number of carbonyl (C=O) groups excluding carboxylic acids is 1. The smallest absolute Gasteiger partial charge is 0.356 e. The highest BCUT2D eigenvalue weighted by Gasteiger charge is 2.16. The van der Waals surface area contributed by atoms with Gasteiger partial charge in [0, 0.05) is 9.86 Å². The fourth-order valence-electron chi connectivity index (χ4n) is 1.30. The lowest BCUT2D eigenvalue weighted by atomic mass is 10.2. The Morgan fingerprint density at radius 1 is 1.60 bits per heavy atom. The number of aromatic amines is 1. The van der Waals surface area contributed by atoms with Gasteiger partial charge in [-0.2, -0.15) is 5.10 Å².